The van der Waals surface area contributed by atoms with Crippen molar-refractivity contribution < 1.29 is 5.11 Å². The molecule has 14 heavy (non-hydrogen) atoms. The van der Waals surface area contributed by atoms with Gasteiger partial charge >= 0.3 is 0 Å². The van der Waals surface area contributed by atoms with Crippen LogP contribution in [0.25, 0.3) is 0 Å². The summed E-state index contributed by atoms with van der Waals surface area (Å²) in [6, 6.07) is 6.01. The average Bonchev–Trinajstić information content (AvgIpc) is 2.19. The minimum absolute atomic E-state index is 0.354. The Morgan fingerprint density at radius 1 is 1.57 bits per heavy atom. The summed E-state index contributed by atoms with van der Waals surface area (Å²) in [4.78, 5) is 0. The topological polar surface area (TPSA) is 32.3 Å². The van der Waals surface area contributed by atoms with E-state index in [1.165, 1.54) is 5.56 Å². The van der Waals surface area contributed by atoms with Gasteiger partial charge in [0.1, 0.15) is 5.75 Å². The van der Waals surface area contributed by atoms with E-state index in [4.69, 9.17) is 0 Å². The fourth-order valence-electron chi connectivity index (χ4n) is 1.93. The number of phenols is 1. The highest BCUT2D eigenvalue weighted by Gasteiger charge is 2.16. The summed E-state index contributed by atoms with van der Waals surface area (Å²) in [6.45, 7) is 3.74. The highest BCUT2D eigenvalue weighted by Crippen LogP contribution is 2.28. The number of phenolic OH excluding ortho intramolecular Hbond substituents is 1. The molecule has 1 aliphatic rings. The van der Waals surface area contributed by atoms with Gasteiger partial charge in [-0.3, -0.25) is 0 Å². The number of nitrogens with one attached hydrogen (secondary N) is 1. The largest absolute Gasteiger partial charge is 0.508 e. The predicted octanol–water partition coefficient (Wildman–Crippen LogP) is 2.70. The van der Waals surface area contributed by atoms with Crippen molar-refractivity contribution in [2.45, 2.75) is 25.3 Å². The number of rotatable bonds is 2. The summed E-state index contributed by atoms with van der Waals surface area (Å²) < 4.78 is 0. The summed E-state index contributed by atoms with van der Waals surface area (Å²) in [6.07, 6.45) is 5.10. The van der Waals surface area contributed by atoms with Gasteiger partial charge in [0.2, 0.25) is 0 Å². The van der Waals surface area contributed by atoms with Gasteiger partial charge in [-0.1, -0.05) is 6.08 Å². The zero-order valence-electron chi connectivity index (χ0n) is 8.16. The molecule has 1 aliphatic heterocycles. The molecule has 1 aromatic carbocycles. The van der Waals surface area contributed by atoms with Crippen molar-refractivity contribution in [3.05, 3.63) is 36.4 Å². The lowest BCUT2D eigenvalue weighted by Gasteiger charge is -2.26. The molecule has 0 aliphatic carbocycles. The van der Waals surface area contributed by atoms with E-state index >= 15 is 0 Å². The quantitative estimate of drug-likeness (QED) is 0.553. The molecule has 1 aromatic rings. The number of fused-ring (bicyclic) bond motifs is 1. The fraction of sp³-hybridized carbons (Fsp3) is 0.333. The van der Waals surface area contributed by atoms with Crippen LogP contribution in [0.2, 0.25) is 0 Å². The summed E-state index contributed by atoms with van der Waals surface area (Å²) >= 11 is 0. The van der Waals surface area contributed by atoms with Crippen molar-refractivity contribution in [1.82, 2.24) is 0 Å². The average molecular weight is 189 g/mol. The highest BCUT2D eigenvalue weighted by atomic mass is 16.3. The van der Waals surface area contributed by atoms with E-state index in [9.17, 15) is 5.11 Å². The smallest absolute Gasteiger partial charge is 0.116 e. The summed E-state index contributed by atoms with van der Waals surface area (Å²) in [5.41, 5.74) is 2.37. The van der Waals surface area contributed by atoms with E-state index in [1.807, 2.05) is 18.2 Å². The third kappa shape index (κ3) is 1.74. The first kappa shape index (κ1) is 9.13. The van der Waals surface area contributed by atoms with Gasteiger partial charge in [0.05, 0.1) is 0 Å². The van der Waals surface area contributed by atoms with Crippen LogP contribution < -0.4 is 5.32 Å². The highest BCUT2D eigenvalue weighted by molar-refractivity contribution is 5.56. The van der Waals surface area contributed by atoms with Crippen molar-refractivity contribution >= 4 is 5.69 Å². The molecule has 2 N–H and O–H groups in total. The molecule has 1 unspecified atom stereocenters. The Balaban J connectivity index is 2.18. The molecule has 0 saturated carbocycles. The first-order valence-electron chi connectivity index (χ1n) is 4.99. The molecule has 0 saturated heterocycles. The first-order chi connectivity index (χ1) is 6.79. The van der Waals surface area contributed by atoms with Crippen molar-refractivity contribution in [3.8, 4) is 5.75 Å². The minimum Gasteiger partial charge on any atom is -0.508 e. The van der Waals surface area contributed by atoms with E-state index in [-0.39, 0.29) is 0 Å². The van der Waals surface area contributed by atoms with E-state index in [2.05, 4.69) is 11.9 Å². The molecular weight excluding hydrogens is 174 g/mol. The van der Waals surface area contributed by atoms with Crippen LogP contribution >= 0.6 is 0 Å². The Kier molecular flexibility index (Phi) is 2.44. The number of hydrogen-bond donors (Lipinski definition) is 2. The molecular formula is C12H15NO. The Bertz CT molecular complexity index is 346. The predicted molar refractivity (Wildman–Crippen MR) is 58.7 cm³/mol. The normalized spacial score (nSPS) is 19.6. The zero-order valence-corrected chi connectivity index (χ0v) is 8.16. The molecule has 74 valence electrons. The molecule has 0 spiro atoms. The summed E-state index contributed by atoms with van der Waals surface area (Å²) in [7, 11) is 0. The molecule has 2 nitrogen and oxygen atoms in total. The van der Waals surface area contributed by atoms with Crippen molar-refractivity contribution in [2.75, 3.05) is 5.32 Å². The molecule has 1 heterocycles. The number of anilines is 1. The molecule has 0 amide bonds. The molecule has 0 aromatic heterocycles. The number of aromatic hydroxyl groups is 1. The fourth-order valence-corrected chi connectivity index (χ4v) is 1.93. The van der Waals surface area contributed by atoms with Crippen LogP contribution in [0.5, 0.6) is 5.75 Å². The van der Waals surface area contributed by atoms with Gasteiger partial charge < -0.3 is 10.4 Å². The second-order valence-electron chi connectivity index (χ2n) is 3.75. The van der Waals surface area contributed by atoms with Crippen LogP contribution in [0.15, 0.2) is 30.9 Å². The Morgan fingerprint density at radius 2 is 2.43 bits per heavy atom. The van der Waals surface area contributed by atoms with Gasteiger partial charge in [-0.2, -0.15) is 0 Å². The van der Waals surface area contributed by atoms with Crippen molar-refractivity contribution in [2.24, 2.45) is 0 Å². The first-order valence-corrected chi connectivity index (χ1v) is 4.99. The maximum absolute atomic E-state index is 9.31. The maximum Gasteiger partial charge on any atom is 0.116 e. The van der Waals surface area contributed by atoms with E-state index < -0.39 is 0 Å². The maximum atomic E-state index is 9.31. The van der Waals surface area contributed by atoms with Gasteiger partial charge in [0.25, 0.3) is 0 Å². The van der Waals surface area contributed by atoms with E-state index in [0.29, 0.717) is 11.8 Å². The monoisotopic (exact) mass is 189 g/mol. The third-order valence-corrected chi connectivity index (χ3v) is 2.66. The van der Waals surface area contributed by atoms with Gasteiger partial charge in [-0.25, -0.2) is 0 Å². The Morgan fingerprint density at radius 3 is 3.21 bits per heavy atom. The standard InChI is InChI=1S/C12H15NO/c1-2-3-10-5-4-9-8-11(14)6-7-12(9)13-10/h2,6-8,10,13-14H,1,3-5H2. The number of benzene rings is 1. The van der Waals surface area contributed by atoms with Crippen LogP contribution in [0.4, 0.5) is 5.69 Å². The lowest BCUT2D eigenvalue weighted by Crippen LogP contribution is -2.24. The van der Waals surface area contributed by atoms with E-state index in [0.717, 1.165) is 24.9 Å². The second kappa shape index (κ2) is 3.74. The van der Waals surface area contributed by atoms with Gasteiger partial charge in [-0.15, -0.1) is 6.58 Å². The lowest BCUT2D eigenvalue weighted by molar-refractivity contribution is 0.474. The number of aryl methyl sites for hydroxylation is 1. The molecule has 0 radical (unpaired) electrons. The van der Waals surface area contributed by atoms with E-state index in [1.54, 1.807) is 6.07 Å². The van der Waals surface area contributed by atoms with Gasteiger partial charge in [0.15, 0.2) is 0 Å². The van der Waals surface area contributed by atoms with Crippen molar-refractivity contribution in [3.63, 3.8) is 0 Å². The van der Waals surface area contributed by atoms with Crippen LogP contribution in [0.3, 0.4) is 0 Å². The number of hydrogen-bond acceptors (Lipinski definition) is 2. The molecule has 0 fully saturated rings. The van der Waals surface area contributed by atoms with Crippen LogP contribution in [-0.4, -0.2) is 11.1 Å². The SMILES string of the molecule is C=CCC1CCc2cc(O)ccc2N1. The Labute approximate surface area is 84.3 Å². The van der Waals surface area contributed by atoms with Crippen molar-refractivity contribution in [1.29, 1.82) is 0 Å². The minimum atomic E-state index is 0.354. The summed E-state index contributed by atoms with van der Waals surface area (Å²) in [5, 5.41) is 12.8. The molecule has 1 atom stereocenters. The van der Waals surface area contributed by atoms with Crippen LogP contribution in [0.1, 0.15) is 18.4 Å². The van der Waals surface area contributed by atoms with Gasteiger partial charge in [-0.05, 0) is 43.0 Å². The second-order valence-corrected chi connectivity index (χ2v) is 3.75. The lowest BCUT2D eigenvalue weighted by atomic mass is 9.96. The van der Waals surface area contributed by atoms with Crippen LogP contribution in [-0.2, 0) is 6.42 Å². The Hall–Kier alpha value is -1.44. The zero-order chi connectivity index (χ0) is 9.97. The van der Waals surface area contributed by atoms with Crippen LogP contribution in [0, 0.1) is 0 Å². The molecule has 2 heteroatoms. The molecule has 0 bridgehead atoms. The third-order valence-electron chi connectivity index (χ3n) is 2.66. The van der Waals surface area contributed by atoms with Gasteiger partial charge in [0, 0.05) is 11.7 Å². The summed E-state index contributed by atoms with van der Waals surface area (Å²) in [5.74, 6) is 0.354. The molecule has 2 rings (SSSR count).